The van der Waals surface area contributed by atoms with E-state index in [0.717, 1.165) is 38.2 Å². The first-order chi connectivity index (χ1) is 7.49. The number of carbonyl (C=O) groups is 1. The maximum atomic E-state index is 11.8. The lowest BCUT2D eigenvalue weighted by molar-refractivity contribution is -0.125. The number of hydrogen-bond acceptors (Lipinski definition) is 3. The summed E-state index contributed by atoms with van der Waals surface area (Å²) >= 11 is 1.89. The van der Waals surface area contributed by atoms with E-state index in [1.807, 2.05) is 11.8 Å². The van der Waals surface area contributed by atoms with Gasteiger partial charge in [0.25, 0.3) is 0 Å². The molecule has 3 nitrogen and oxygen atoms in total. The number of nitrogens with one attached hydrogen (secondary N) is 2. The first-order valence-electron chi connectivity index (χ1n) is 6.11. The van der Waals surface area contributed by atoms with Crippen molar-refractivity contribution in [1.29, 1.82) is 0 Å². The molecule has 1 atom stereocenters. The molecule has 1 aliphatic heterocycles. The van der Waals surface area contributed by atoms with Gasteiger partial charge in [-0.3, -0.25) is 4.79 Å². The summed E-state index contributed by atoms with van der Waals surface area (Å²) in [6, 6.07) is 0. The fraction of sp³-hybridized carbons (Fsp3) is 0.917. The minimum Gasteiger partial charge on any atom is -0.355 e. The highest BCUT2D eigenvalue weighted by molar-refractivity contribution is 8.00. The second-order valence-corrected chi connectivity index (χ2v) is 7.22. The Kier molecular flexibility index (Phi) is 8.25. The van der Waals surface area contributed by atoms with Gasteiger partial charge in [0.15, 0.2) is 0 Å². The standard InChI is InChI=1S/C12H24N2OS.ClH/c1-12(2,3)16-8-7-14-11(15)10-5-4-6-13-9-10;/h10,13H,4-9H2,1-3H3,(H,14,15);1H. The molecule has 0 aliphatic carbocycles. The largest absolute Gasteiger partial charge is 0.355 e. The lowest BCUT2D eigenvalue weighted by Crippen LogP contribution is -2.41. The maximum Gasteiger partial charge on any atom is 0.224 e. The molecule has 5 heteroatoms. The molecule has 0 spiro atoms. The Morgan fingerprint density at radius 1 is 1.47 bits per heavy atom. The van der Waals surface area contributed by atoms with Crippen molar-refractivity contribution in [3.63, 3.8) is 0 Å². The van der Waals surface area contributed by atoms with Gasteiger partial charge in [-0.05, 0) is 19.4 Å². The van der Waals surface area contributed by atoms with Crippen molar-refractivity contribution in [2.75, 3.05) is 25.4 Å². The summed E-state index contributed by atoms with van der Waals surface area (Å²) in [7, 11) is 0. The number of piperidine rings is 1. The lowest BCUT2D eigenvalue weighted by Gasteiger charge is -2.22. The van der Waals surface area contributed by atoms with Crippen LogP contribution in [0.15, 0.2) is 0 Å². The van der Waals surface area contributed by atoms with Crippen LogP contribution in [0, 0.1) is 5.92 Å². The van der Waals surface area contributed by atoms with Crippen LogP contribution in [0.3, 0.4) is 0 Å². The van der Waals surface area contributed by atoms with Gasteiger partial charge in [-0.2, -0.15) is 11.8 Å². The second kappa shape index (κ2) is 8.22. The summed E-state index contributed by atoms with van der Waals surface area (Å²) in [5.74, 6) is 1.41. The molecular weight excluding hydrogens is 256 g/mol. The third kappa shape index (κ3) is 7.90. The molecule has 1 saturated heterocycles. The summed E-state index contributed by atoms with van der Waals surface area (Å²) in [4.78, 5) is 11.8. The van der Waals surface area contributed by atoms with Gasteiger partial charge in [-0.25, -0.2) is 0 Å². The van der Waals surface area contributed by atoms with E-state index in [0.29, 0.717) is 0 Å². The monoisotopic (exact) mass is 280 g/mol. The SMILES string of the molecule is CC(C)(C)SCCNC(=O)C1CCCNC1.Cl. The molecule has 2 N–H and O–H groups in total. The Hall–Kier alpha value is 0.0700. The van der Waals surface area contributed by atoms with Crippen LogP contribution in [0.5, 0.6) is 0 Å². The Bertz CT molecular complexity index is 225. The Morgan fingerprint density at radius 3 is 2.71 bits per heavy atom. The smallest absolute Gasteiger partial charge is 0.224 e. The van der Waals surface area contributed by atoms with Crippen LogP contribution in [-0.2, 0) is 4.79 Å². The molecule has 1 amide bonds. The first kappa shape index (κ1) is 17.1. The predicted octanol–water partition coefficient (Wildman–Crippen LogP) is 2.06. The van der Waals surface area contributed by atoms with Gasteiger partial charge in [0.2, 0.25) is 5.91 Å². The molecular formula is C12H25ClN2OS. The fourth-order valence-electron chi connectivity index (χ4n) is 1.75. The molecule has 102 valence electrons. The van der Waals surface area contributed by atoms with E-state index in [1.54, 1.807) is 0 Å². The molecule has 0 bridgehead atoms. The van der Waals surface area contributed by atoms with Crippen molar-refractivity contribution >= 4 is 30.1 Å². The lowest BCUT2D eigenvalue weighted by atomic mass is 9.99. The van der Waals surface area contributed by atoms with Gasteiger partial charge in [-0.1, -0.05) is 20.8 Å². The molecule has 0 radical (unpaired) electrons. The number of halogens is 1. The van der Waals surface area contributed by atoms with Gasteiger partial charge in [-0.15, -0.1) is 12.4 Å². The average molecular weight is 281 g/mol. The van der Waals surface area contributed by atoms with Crippen molar-refractivity contribution in [2.24, 2.45) is 5.92 Å². The zero-order valence-electron chi connectivity index (χ0n) is 11.0. The molecule has 0 aromatic carbocycles. The van der Waals surface area contributed by atoms with E-state index in [4.69, 9.17) is 0 Å². The normalized spacial score (nSPS) is 20.5. The van der Waals surface area contributed by atoms with E-state index in [-0.39, 0.29) is 29.0 Å². The second-order valence-electron chi connectivity index (χ2n) is 5.30. The summed E-state index contributed by atoms with van der Waals surface area (Å²) in [5.41, 5.74) is 0. The van der Waals surface area contributed by atoms with Gasteiger partial charge in [0, 0.05) is 23.6 Å². The van der Waals surface area contributed by atoms with Crippen LogP contribution in [-0.4, -0.2) is 36.0 Å². The minimum atomic E-state index is 0. The highest BCUT2D eigenvalue weighted by Gasteiger charge is 2.20. The van der Waals surface area contributed by atoms with Crippen LogP contribution in [0.4, 0.5) is 0 Å². The molecule has 17 heavy (non-hydrogen) atoms. The molecule has 0 aromatic rings. The number of rotatable bonds is 4. The molecule has 0 aromatic heterocycles. The molecule has 1 heterocycles. The van der Waals surface area contributed by atoms with E-state index in [1.165, 1.54) is 0 Å². The topological polar surface area (TPSA) is 41.1 Å². The highest BCUT2D eigenvalue weighted by Crippen LogP contribution is 2.22. The highest BCUT2D eigenvalue weighted by atomic mass is 35.5. The van der Waals surface area contributed by atoms with Crippen LogP contribution in [0.2, 0.25) is 0 Å². The summed E-state index contributed by atoms with van der Waals surface area (Å²) in [5, 5.41) is 6.29. The van der Waals surface area contributed by atoms with Crippen LogP contribution in [0.25, 0.3) is 0 Å². The number of carbonyl (C=O) groups excluding carboxylic acids is 1. The van der Waals surface area contributed by atoms with E-state index in [9.17, 15) is 4.79 Å². The van der Waals surface area contributed by atoms with Crippen LogP contribution >= 0.6 is 24.2 Å². The first-order valence-corrected chi connectivity index (χ1v) is 7.10. The van der Waals surface area contributed by atoms with Crippen molar-refractivity contribution < 1.29 is 4.79 Å². The van der Waals surface area contributed by atoms with Crippen molar-refractivity contribution in [3.05, 3.63) is 0 Å². The summed E-state index contributed by atoms with van der Waals surface area (Å²) in [6.07, 6.45) is 2.15. The van der Waals surface area contributed by atoms with Gasteiger partial charge >= 0.3 is 0 Å². The fourth-order valence-corrected chi connectivity index (χ4v) is 2.57. The molecule has 1 aliphatic rings. The minimum absolute atomic E-state index is 0. The number of hydrogen-bond donors (Lipinski definition) is 2. The zero-order chi connectivity index (χ0) is 12.0. The van der Waals surface area contributed by atoms with Crippen molar-refractivity contribution in [1.82, 2.24) is 10.6 Å². The van der Waals surface area contributed by atoms with Crippen molar-refractivity contribution in [2.45, 2.75) is 38.4 Å². The number of amides is 1. The predicted molar refractivity (Wildman–Crippen MR) is 78.1 cm³/mol. The van der Waals surface area contributed by atoms with Gasteiger partial charge < -0.3 is 10.6 Å². The molecule has 0 saturated carbocycles. The van der Waals surface area contributed by atoms with Gasteiger partial charge in [0.1, 0.15) is 0 Å². The third-order valence-electron chi connectivity index (χ3n) is 2.60. The Morgan fingerprint density at radius 2 is 2.18 bits per heavy atom. The van der Waals surface area contributed by atoms with Crippen molar-refractivity contribution in [3.8, 4) is 0 Å². The maximum absolute atomic E-state index is 11.8. The number of thioether (sulfide) groups is 1. The summed E-state index contributed by atoms with van der Waals surface area (Å²) in [6.45, 7) is 9.29. The summed E-state index contributed by atoms with van der Waals surface area (Å²) < 4.78 is 0.289. The Labute approximate surface area is 115 Å². The van der Waals surface area contributed by atoms with E-state index < -0.39 is 0 Å². The quantitative estimate of drug-likeness (QED) is 0.775. The molecule has 1 fully saturated rings. The van der Waals surface area contributed by atoms with E-state index in [2.05, 4.69) is 31.4 Å². The van der Waals surface area contributed by atoms with Gasteiger partial charge in [0.05, 0.1) is 5.92 Å². The average Bonchev–Trinajstić information content (AvgIpc) is 2.24. The molecule has 1 unspecified atom stereocenters. The van der Waals surface area contributed by atoms with Crippen LogP contribution in [0.1, 0.15) is 33.6 Å². The Balaban J connectivity index is 0.00000256. The van der Waals surface area contributed by atoms with E-state index >= 15 is 0 Å². The zero-order valence-corrected chi connectivity index (χ0v) is 12.7. The third-order valence-corrected chi connectivity index (χ3v) is 3.88. The van der Waals surface area contributed by atoms with Crippen LogP contribution < -0.4 is 10.6 Å². The molecule has 1 rings (SSSR count).